The zero-order valence-corrected chi connectivity index (χ0v) is 12.6. The van der Waals surface area contributed by atoms with Gasteiger partial charge in [-0.1, -0.05) is 52.3 Å². The van der Waals surface area contributed by atoms with E-state index in [1.54, 1.807) is 0 Å². The van der Waals surface area contributed by atoms with Crippen molar-refractivity contribution in [3.63, 3.8) is 0 Å². The molecule has 0 fully saturated rings. The molecule has 4 heteroatoms. The van der Waals surface area contributed by atoms with Crippen LogP contribution in [0.3, 0.4) is 0 Å². The van der Waals surface area contributed by atoms with E-state index in [1.807, 2.05) is 54.6 Å². The molecule has 0 bridgehead atoms. The molecule has 2 rings (SSSR count). The SMILES string of the molecule is O=C(CCOCc1ccccc1Br)Nc1ccccc1. The van der Waals surface area contributed by atoms with E-state index in [4.69, 9.17) is 4.74 Å². The number of benzene rings is 2. The lowest BCUT2D eigenvalue weighted by atomic mass is 10.2. The molecule has 1 amide bonds. The number of halogens is 1. The maximum atomic E-state index is 11.7. The average Bonchev–Trinajstić information content (AvgIpc) is 2.46. The number of amides is 1. The summed E-state index contributed by atoms with van der Waals surface area (Å²) in [4.78, 5) is 11.7. The van der Waals surface area contributed by atoms with E-state index in [1.165, 1.54) is 0 Å². The minimum absolute atomic E-state index is 0.0386. The molecule has 0 aliphatic carbocycles. The highest BCUT2D eigenvalue weighted by Gasteiger charge is 2.03. The van der Waals surface area contributed by atoms with Crippen LogP contribution in [0.1, 0.15) is 12.0 Å². The number of hydrogen-bond donors (Lipinski definition) is 1. The number of carbonyl (C=O) groups is 1. The minimum Gasteiger partial charge on any atom is -0.376 e. The van der Waals surface area contributed by atoms with E-state index < -0.39 is 0 Å². The number of para-hydroxylation sites is 1. The van der Waals surface area contributed by atoms with Crippen LogP contribution in [-0.4, -0.2) is 12.5 Å². The summed E-state index contributed by atoms with van der Waals surface area (Å²) in [6, 6.07) is 17.3. The Morgan fingerprint density at radius 1 is 1.05 bits per heavy atom. The van der Waals surface area contributed by atoms with Gasteiger partial charge in [-0.05, 0) is 23.8 Å². The van der Waals surface area contributed by atoms with Gasteiger partial charge in [-0.3, -0.25) is 4.79 Å². The average molecular weight is 334 g/mol. The molecular weight excluding hydrogens is 318 g/mol. The molecule has 0 aliphatic rings. The third-order valence-corrected chi connectivity index (χ3v) is 3.52. The molecule has 0 saturated carbocycles. The Kier molecular flexibility index (Phi) is 5.77. The van der Waals surface area contributed by atoms with Crippen LogP contribution < -0.4 is 5.32 Å². The Morgan fingerprint density at radius 3 is 2.50 bits per heavy atom. The molecule has 1 N–H and O–H groups in total. The van der Waals surface area contributed by atoms with E-state index in [2.05, 4.69) is 21.2 Å². The summed E-state index contributed by atoms with van der Waals surface area (Å²) in [5.41, 5.74) is 1.89. The Labute approximate surface area is 127 Å². The van der Waals surface area contributed by atoms with Gasteiger partial charge in [0.05, 0.1) is 19.6 Å². The van der Waals surface area contributed by atoms with Crippen molar-refractivity contribution >= 4 is 27.5 Å². The molecule has 0 heterocycles. The first-order valence-corrected chi connectivity index (χ1v) is 7.21. The lowest BCUT2D eigenvalue weighted by molar-refractivity contribution is -0.117. The molecule has 0 aliphatic heterocycles. The molecule has 0 atom stereocenters. The highest BCUT2D eigenvalue weighted by Crippen LogP contribution is 2.16. The molecule has 2 aromatic carbocycles. The predicted octanol–water partition coefficient (Wildman–Crippen LogP) is 3.99. The van der Waals surface area contributed by atoms with Gasteiger partial charge in [0.2, 0.25) is 5.91 Å². The summed E-state index contributed by atoms with van der Waals surface area (Å²) >= 11 is 3.46. The summed E-state index contributed by atoms with van der Waals surface area (Å²) in [6.45, 7) is 0.903. The highest BCUT2D eigenvalue weighted by atomic mass is 79.9. The Hall–Kier alpha value is -1.65. The fourth-order valence-electron chi connectivity index (χ4n) is 1.71. The number of ether oxygens (including phenoxy) is 1. The second-order valence-electron chi connectivity index (χ2n) is 4.31. The molecule has 0 saturated heterocycles. The number of nitrogens with one attached hydrogen (secondary N) is 1. The molecular formula is C16H16BrNO2. The first kappa shape index (κ1) is 14.8. The molecule has 104 valence electrons. The van der Waals surface area contributed by atoms with E-state index in [-0.39, 0.29) is 5.91 Å². The van der Waals surface area contributed by atoms with Crippen molar-refractivity contribution in [2.45, 2.75) is 13.0 Å². The van der Waals surface area contributed by atoms with Gasteiger partial charge in [-0.15, -0.1) is 0 Å². The third-order valence-electron chi connectivity index (χ3n) is 2.75. The molecule has 0 unspecified atom stereocenters. The van der Waals surface area contributed by atoms with Crippen LogP contribution in [0, 0.1) is 0 Å². The van der Waals surface area contributed by atoms with Crippen molar-refractivity contribution < 1.29 is 9.53 Å². The maximum Gasteiger partial charge on any atom is 0.226 e. The Morgan fingerprint density at radius 2 is 1.75 bits per heavy atom. The molecule has 3 nitrogen and oxygen atoms in total. The van der Waals surface area contributed by atoms with E-state index >= 15 is 0 Å². The highest BCUT2D eigenvalue weighted by molar-refractivity contribution is 9.10. The van der Waals surface area contributed by atoms with Crippen LogP contribution in [0.2, 0.25) is 0 Å². The van der Waals surface area contributed by atoms with Gasteiger partial charge >= 0.3 is 0 Å². The van der Waals surface area contributed by atoms with Crippen LogP contribution in [0.15, 0.2) is 59.1 Å². The van der Waals surface area contributed by atoms with E-state index in [9.17, 15) is 4.79 Å². The van der Waals surface area contributed by atoms with Gasteiger partial charge in [-0.25, -0.2) is 0 Å². The standard InChI is InChI=1S/C16H16BrNO2/c17-15-9-5-4-6-13(15)12-20-11-10-16(19)18-14-7-2-1-3-8-14/h1-9H,10-12H2,(H,18,19). The van der Waals surface area contributed by atoms with Gasteiger partial charge in [0.1, 0.15) is 0 Å². The first-order chi connectivity index (χ1) is 9.75. The van der Waals surface area contributed by atoms with Crippen LogP contribution in [0.5, 0.6) is 0 Å². The number of anilines is 1. The van der Waals surface area contributed by atoms with Crippen molar-refractivity contribution in [1.29, 1.82) is 0 Å². The lowest BCUT2D eigenvalue weighted by Crippen LogP contribution is -2.14. The topological polar surface area (TPSA) is 38.3 Å². The van der Waals surface area contributed by atoms with Crippen molar-refractivity contribution in [3.05, 3.63) is 64.6 Å². The first-order valence-electron chi connectivity index (χ1n) is 6.42. The summed E-state index contributed by atoms with van der Waals surface area (Å²) in [7, 11) is 0. The van der Waals surface area contributed by atoms with Gasteiger partial charge in [0, 0.05) is 10.2 Å². The van der Waals surface area contributed by atoms with Crippen LogP contribution in [0.25, 0.3) is 0 Å². The largest absolute Gasteiger partial charge is 0.376 e. The zero-order valence-electron chi connectivity index (χ0n) is 11.0. The summed E-state index contributed by atoms with van der Waals surface area (Å²) in [6.07, 6.45) is 0.347. The molecule has 2 aromatic rings. The molecule has 0 aromatic heterocycles. The predicted molar refractivity (Wildman–Crippen MR) is 83.5 cm³/mol. The fraction of sp³-hybridized carbons (Fsp3) is 0.188. The van der Waals surface area contributed by atoms with Crippen molar-refractivity contribution in [1.82, 2.24) is 0 Å². The molecule has 0 radical (unpaired) electrons. The van der Waals surface area contributed by atoms with Gasteiger partial charge in [-0.2, -0.15) is 0 Å². The summed E-state index contributed by atoms with van der Waals surface area (Å²) in [5, 5.41) is 2.82. The van der Waals surface area contributed by atoms with Gasteiger partial charge in [0.25, 0.3) is 0 Å². The monoisotopic (exact) mass is 333 g/mol. The van der Waals surface area contributed by atoms with Crippen LogP contribution in [-0.2, 0) is 16.1 Å². The summed E-state index contributed by atoms with van der Waals surface area (Å²) < 4.78 is 6.54. The van der Waals surface area contributed by atoms with Crippen LogP contribution in [0.4, 0.5) is 5.69 Å². The number of hydrogen-bond acceptors (Lipinski definition) is 2. The lowest BCUT2D eigenvalue weighted by Gasteiger charge is -2.07. The minimum atomic E-state index is -0.0386. The van der Waals surface area contributed by atoms with E-state index in [0.717, 1.165) is 15.7 Å². The van der Waals surface area contributed by atoms with Crippen molar-refractivity contribution in [2.75, 3.05) is 11.9 Å². The second kappa shape index (κ2) is 7.82. The van der Waals surface area contributed by atoms with Crippen molar-refractivity contribution in [2.24, 2.45) is 0 Å². The Bertz CT molecular complexity index is 557. The summed E-state index contributed by atoms with van der Waals surface area (Å²) in [5.74, 6) is -0.0386. The fourth-order valence-corrected chi connectivity index (χ4v) is 2.11. The van der Waals surface area contributed by atoms with Gasteiger partial charge in [0.15, 0.2) is 0 Å². The van der Waals surface area contributed by atoms with Gasteiger partial charge < -0.3 is 10.1 Å². The maximum absolute atomic E-state index is 11.7. The van der Waals surface area contributed by atoms with E-state index in [0.29, 0.717) is 19.6 Å². The normalized spacial score (nSPS) is 10.2. The third kappa shape index (κ3) is 4.79. The smallest absolute Gasteiger partial charge is 0.226 e. The number of rotatable bonds is 6. The molecule has 0 spiro atoms. The Balaban J connectivity index is 1.69. The molecule has 20 heavy (non-hydrogen) atoms. The zero-order chi connectivity index (χ0) is 14.2. The number of carbonyl (C=O) groups excluding carboxylic acids is 1. The van der Waals surface area contributed by atoms with Crippen LogP contribution >= 0.6 is 15.9 Å². The second-order valence-corrected chi connectivity index (χ2v) is 5.16. The quantitative estimate of drug-likeness (QED) is 0.811. The van der Waals surface area contributed by atoms with Crippen molar-refractivity contribution in [3.8, 4) is 0 Å².